The topological polar surface area (TPSA) is 62.7 Å². The molecule has 0 heterocycles. The molecule has 0 aliphatic rings. The average molecular weight is 249 g/mol. The molecule has 0 aromatic heterocycles. The number of nitrogens with zero attached hydrogens (tertiary/aromatic N) is 1. The number of para-hydroxylation sites is 2. The van der Waals surface area contributed by atoms with Crippen LogP contribution in [0.5, 0.6) is 5.75 Å². The molecule has 0 radical (unpaired) electrons. The molecule has 0 bridgehead atoms. The van der Waals surface area contributed by atoms with Crippen LogP contribution in [0, 0.1) is 0 Å². The van der Waals surface area contributed by atoms with Crippen molar-refractivity contribution in [1.82, 2.24) is 5.43 Å². The number of ether oxygens (including phenoxy) is 1. The van der Waals surface area contributed by atoms with E-state index in [2.05, 4.69) is 15.8 Å². The first-order valence-corrected chi connectivity index (χ1v) is 5.86. The second kappa shape index (κ2) is 7.32. The van der Waals surface area contributed by atoms with Crippen molar-refractivity contribution in [2.75, 3.05) is 19.0 Å². The van der Waals surface area contributed by atoms with Gasteiger partial charge in [-0.1, -0.05) is 19.1 Å². The predicted octanol–water partition coefficient (Wildman–Crippen LogP) is 2.01. The number of hydrogen-bond donors (Lipinski definition) is 2. The Morgan fingerprint density at radius 3 is 2.78 bits per heavy atom. The van der Waals surface area contributed by atoms with Gasteiger partial charge in [0.25, 0.3) is 5.91 Å². The van der Waals surface area contributed by atoms with Crippen LogP contribution in [0.4, 0.5) is 5.69 Å². The minimum atomic E-state index is -0.186. The summed E-state index contributed by atoms with van der Waals surface area (Å²) < 4.78 is 5.17. The summed E-state index contributed by atoms with van der Waals surface area (Å²) in [6, 6.07) is 7.44. The van der Waals surface area contributed by atoms with Gasteiger partial charge in [-0.2, -0.15) is 5.10 Å². The molecule has 2 N–H and O–H groups in total. The minimum absolute atomic E-state index is 0.154. The van der Waals surface area contributed by atoms with Gasteiger partial charge >= 0.3 is 0 Å². The SMILES string of the molecule is CC/C(C)=N\NC(=O)CNc1ccccc1OC. The van der Waals surface area contributed by atoms with Gasteiger partial charge in [0.15, 0.2) is 0 Å². The molecule has 0 aliphatic heterocycles. The molecule has 1 rings (SSSR count). The Morgan fingerprint density at radius 1 is 1.39 bits per heavy atom. The highest BCUT2D eigenvalue weighted by Gasteiger charge is 2.03. The van der Waals surface area contributed by atoms with Crippen molar-refractivity contribution in [1.29, 1.82) is 0 Å². The third-order valence-corrected chi connectivity index (χ3v) is 2.43. The smallest absolute Gasteiger partial charge is 0.259 e. The number of methoxy groups -OCH3 is 1. The van der Waals surface area contributed by atoms with E-state index in [9.17, 15) is 4.79 Å². The first kappa shape index (κ1) is 14.0. The average Bonchev–Trinajstić information content (AvgIpc) is 2.42. The number of carbonyl (C=O) groups excluding carboxylic acids is 1. The lowest BCUT2D eigenvalue weighted by Gasteiger charge is -2.09. The summed E-state index contributed by atoms with van der Waals surface area (Å²) in [5.41, 5.74) is 4.16. The Kier molecular flexibility index (Phi) is 5.70. The molecule has 98 valence electrons. The van der Waals surface area contributed by atoms with Crippen molar-refractivity contribution >= 4 is 17.3 Å². The van der Waals surface area contributed by atoms with Gasteiger partial charge in [-0.15, -0.1) is 0 Å². The summed E-state index contributed by atoms with van der Waals surface area (Å²) in [5.74, 6) is 0.521. The molecule has 1 amide bonds. The Balaban J connectivity index is 2.47. The van der Waals surface area contributed by atoms with Gasteiger partial charge in [-0.05, 0) is 25.5 Å². The summed E-state index contributed by atoms with van der Waals surface area (Å²) in [4.78, 5) is 11.5. The third-order valence-electron chi connectivity index (χ3n) is 2.43. The largest absolute Gasteiger partial charge is 0.495 e. The van der Waals surface area contributed by atoms with E-state index in [4.69, 9.17) is 4.74 Å². The number of hydrazone groups is 1. The monoisotopic (exact) mass is 249 g/mol. The zero-order chi connectivity index (χ0) is 13.4. The second-order valence-electron chi connectivity index (χ2n) is 3.79. The highest BCUT2D eigenvalue weighted by atomic mass is 16.5. The van der Waals surface area contributed by atoms with Gasteiger partial charge in [0.1, 0.15) is 5.75 Å². The maximum Gasteiger partial charge on any atom is 0.259 e. The minimum Gasteiger partial charge on any atom is -0.495 e. The van der Waals surface area contributed by atoms with Crippen LogP contribution in [0.25, 0.3) is 0 Å². The molecular formula is C13H19N3O2. The molecule has 0 spiro atoms. The van der Waals surface area contributed by atoms with E-state index in [1.165, 1.54) is 0 Å². The van der Waals surface area contributed by atoms with Crippen LogP contribution in [0.1, 0.15) is 20.3 Å². The van der Waals surface area contributed by atoms with Crippen LogP contribution in [-0.2, 0) is 4.79 Å². The summed E-state index contributed by atoms with van der Waals surface area (Å²) in [6.07, 6.45) is 0.820. The lowest BCUT2D eigenvalue weighted by molar-refractivity contribution is -0.119. The number of benzene rings is 1. The van der Waals surface area contributed by atoms with E-state index in [1.54, 1.807) is 7.11 Å². The summed E-state index contributed by atoms with van der Waals surface area (Å²) >= 11 is 0. The number of carbonyl (C=O) groups is 1. The van der Waals surface area contributed by atoms with Gasteiger partial charge in [0.05, 0.1) is 19.3 Å². The first-order valence-electron chi connectivity index (χ1n) is 5.86. The summed E-state index contributed by atoms with van der Waals surface area (Å²) in [5, 5.41) is 6.94. The van der Waals surface area contributed by atoms with Crippen LogP contribution in [0.3, 0.4) is 0 Å². The number of hydrogen-bond acceptors (Lipinski definition) is 4. The maximum absolute atomic E-state index is 11.5. The molecule has 0 fully saturated rings. The molecule has 0 saturated carbocycles. The fraction of sp³-hybridized carbons (Fsp3) is 0.385. The molecule has 5 heteroatoms. The van der Waals surface area contributed by atoms with Crippen molar-refractivity contribution in [2.24, 2.45) is 5.10 Å². The molecule has 5 nitrogen and oxygen atoms in total. The Labute approximate surface area is 107 Å². The standard InChI is InChI=1S/C13H19N3O2/c1-4-10(2)15-16-13(17)9-14-11-7-5-6-8-12(11)18-3/h5-8,14H,4,9H2,1-3H3,(H,16,17)/b15-10-. The number of anilines is 1. The van der Waals surface area contributed by atoms with Crippen molar-refractivity contribution in [3.63, 3.8) is 0 Å². The van der Waals surface area contributed by atoms with Crippen LogP contribution in [-0.4, -0.2) is 25.3 Å². The zero-order valence-corrected chi connectivity index (χ0v) is 11.0. The fourth-order valence-electron chi connectivity index (χ4n) is 1.24. The Bertz CT molecular complexity index is 430. The highest BCUT2D eigenvalue weighted by molar-refractivity contribution is 5.85. The van der Waals surface area contributed by atoms with E-state index in [0.717, 1.165) is 17.8 Å². The molecule has 0 atom stereocenters. The van der Waals surface area contributed by atoms with E-state index in [1.807, 2.05) is 38.1 Å². The lowest BCUT2D eigenvalue weighted by Crippen LogP contribution is -2.26. The van der Waals surface area contributed by atoms with Gasteiger partial charge in [0, 0.05) is 5.71 Å². The van der Waals surface area contributed by atoms with Gasteiger partial charge in [-0.25, -0.2) is 5.43 Å². The number of rotatable bonds is 6. The Morgan fingerprint density at radius 2 is 2.11 bits per heavy atom. The van der Waals surface area contributed by atoms with Crippen LogP contribution >= 0.6 is 0 Å². The van der Waals surface area contributed by atoms with E-state index >= 15 is 0 Å². The van der Waals surface area contributed by atoms with E-state index < -0.39 is 0 Å². The molecule has 0 saturated heterocycles. The van der Waals surface area contributed by atoms with Crippen molar-refractivity contribution < 1.29 is 9.53 Å². The van der Waals surface area contributed by atoms with Crippen LogP contribution in [0.2, 0.25) is 0 Å². The number of nitrogens with one attached hydrogen (secondary N) is 2. The van der Waals surface area contributed by atoms with E-state index in [0.29, 0.717) is 5.75 Å². The van der Waals surface area contributed by atoms with Gasteiger partial charge in [-0.3, -0.25) is 4.79 Å². The van der Waals surface area contributed by atoms with Gasteiger partial charge in [0.2, 0.25) is 0 Å². The predicted molar refractivity (Wildman–Crippen MR) is 73.0 cm³/mol. The van der Waals surface area contributed by atoms with E-state index in [-0.39, 0.29) is 12.5 Å². The molecule has 0 aliphatic carbocycles. The van der Waals surface area contributed by atoms with Crippen molar-refractivity contribution in [3.8, 4) is 5.75 Å². The molecule has 1 aromatic carbocycles. The highest BCUT2D eigenvalue weighted by Crippen LogP contribution is 2.22. The molecule has 0 unspecified atom stereocenters. The Hall–Kier alpha value is -2.04. The summed E-state index contributed by atoms with van der Waals surface area (Å²) in [7, 11) is 1.59. The lowest BCUT2D eigenvalue weighted by atomic mass is 10.3. The summed E-state index contributed by atoms with van der Waals surface area (Å²) in [6.45, 7) is 4.01. The molecule has 18 heavy (non-hydrogen) atoms. The van der Waals surface area contributed by atoms with Crippen molar-refractivity contribution in [3.05, 3.63) is 24.3 Å². The number of amides is 1. The quantitative estimate of drug-likeness (QED) is 0.599. The molecule has 1 aromatic rings. The van der Waals surface area contributed by atoms with Crippen LogP contribution in [0.15, 0.2) is 29.4 Å². The zero-order valence-electron chi connectivity index (χ0n) is 11.0. The second-order valence-corrected chi connectivity index (χ2v) is 3.79. The van der Waals surface area contributed by atoms with Gasteiger partial charge < -0.3 is 10.1 Å². The van der Waals surface area contributed by atoms with Crippen LogP contribution < -0.4 is 15.5 Å². The first-order chi connectivity index (χ1) is 8.67. The fourth-order valence-corrected chi connectivity index (χ4v) is 1.24. The molecular weight excluding hydrogens is 230 g/mol. The third kappa shape index (κ3) is 4.45. The maximum atomic E-state index is 11.5. The normalized spacial score (nSPS) is 10.9. The van der Waals surface area contributed by atoms with Crippen molar-refractivity contribution in [2.45, 2.75) is 20.3 Å².